The van der Waals surface area contributed by atoms with Crippen molar-refractivity contribution in [3.05, 3.63) is 54.9 Å². The van der Waals surface area contributed by atoms with Crippen molar-refractivity contribution in [2.24, 2.45) is 7.05 Å². The SMILES string of the molecule is CCCn1c(N)c(C(=O)COC(=O)/C=C/c2ccsc2)c(=O)n(C)c1=O. The first kappa shape index (κ1) is 19.4. The van der Waals surface area contributed by atoms with Crippen molar-refractivity contribution in [1.82, 2.24) is 9.13 Å². The van der Waals surface area contributed by atoms with Gasteiger partial charge in [-0.25, -0.2) is 9.59 Å². The lowest BCUT2D eigenvalue weighted by molar-refractivity contribution is -0.136. The Kier molecular flexibility index (Phi) is 6.29. The lowest BCUT2D eigenvalue weighted by Crippen LogP contribution is -2.43. The van der Waals surface area contributed by atoms with Gasteiger partial charge in [0, 0.05) is 19.7 Å². The smallest absolute Gasteiger partial charge is 0.332 e. The van der Waals surface area contributed by atoms with Crippen LogP contribution in [0.15, 0.2) is 32.5 Å². The molecule has 0 aliphatic carbocycles. The maximum Gasteiger partial charge on any atom is 0.332 e. The van der Waals surface area contributed by atoms with Gasteiger partial charge in [0.2, 0.25) is 5.78 Å². The van der Waals surface area contributed by atoms with E-state index < -0.39 is 29.6 Å². The molecule has 138 valence electrons. The van der Waals surface area contributed by atoms with E-state index in [1.165, 1.54) is 24.5 Å². The molecular weight excluding hydrogens is 358 g/mol. The zero-order chi connectivity index (χ0) is 19.3. The van der Waals surface area contributed by atoms with E-state index in [9.17, 15) is 19.2 Å². The fourth-order valence-electron chi connectivity index (χ4n) is 2.28. The molecule has 0 saturated heterocycles. The minimum absolute atomic E-state index is 0.213. The third-order valence-corrected chi connectivity index (χ3v) is 4.31. The Morgan fingerprint density at radius 3 is 2.69 bits per heavy atom. The van der Waals surface area contributed by atoms with E-state index in [0.717, 1.165) is 14.7 Å². The number of thiophene rings is 1. The molecule has 2 aromatic rings. The second-order valence-electron chi connectivity index (χ2n) is 5.48. The van der Waals surface area contributed by atoms with Gasteiger partial charge in [0.15, 0.2) is 6.61 Å². The molecule has 0 unspecified atom stereocenters. The lowest BCUT2D eigenvalue weighted by atomic mass is 10.2. The molecule has 0 fully saturated rings. The van der Waals surface area contributed by atoms with Crippen LogP contribution >= 0.6 is 11.3 Å². The normalized spacial score (nSPS) is 11.0. The summed E-state index contributed by atoms with van der Waals surface area (Å²) >= 11 is 1.48. The Morgan fingerprint density at radius 1 is 1.35 bits per heavy atom. The van der Waals surface area contributed by atoms with Crippen molar-refractivity contribution in [3.63, 3.8) is 0 Å². The zero-order valence-electron chi connectivity index (χ0n) is 14.4. The van der Waals surface area contributed by atoms with Gasteiger partial charge in [0.25, 0.3) is 5.56 Å². The van der Waals surface area contributed by atoms with Gasteiger partial charge in [0.05, 0.1) is 0 Å². The molecule has 2 rings (SSSR count). The van der Waals surface area contributed by atoms with E-state index >= 15 is 0 Å². The number of anilines is 1. The molecule has 0 aliphatic heterocycles. The highest BCUT2D eigenvalue weighted by Crippen LogP contribution is 2.09. The van der Waals surface area contributed by atoms with Crippen molar-refractivity contribution in [2.45, 2.75) is 19.9 Å². The van der Waals surface area contributed by atoms with E-state index in [4.69, 9.17) is 10.5 Å². The van der Waals surface area contributed by atoms with Gasteiger partial charge >= 0.3 is 11.7 Å². The molecule has 2 heterocycles. The van der Waals surface area contributed by atoms with Crippen LogP contribution in [-0.4, -0.2) is 27.5 Å². The van der Waals surface area contributed by atoms with Crippen LogP contribution in [-0.2, 0) is 23.1 Å². The molecule has 0 bridgehead atoms. The van der Waals surface area contributed by atoms with Gasteiger partial charge in [-0.05, 0) is 34.9 Å². The number of ketones is 1. The Hall–Kier alpha value is -2.94. The molecule has 0 aromatic carbocycles. The van der Waals surface area contributed by atoms with E-state index in [1.807, 2.05) is 23.8 Å². The molecule has 0 atom stereocenters. The maximum absolute atomic E-state index is 12.3. The van der Waals surface area contributed by atoms with E-state index in [-0.39, 0.29) is 17.9 Å². The van der Waals surface area contributed by atoms with Gasteiger partial charge in [0.1, 0.15) is 11.4 Å². The zero-order valence-corrected chi connectivity index (χ0v) is 15.2. The fourth-order valence-corrected chi connectivity index (χ4v) is 2.90. The third-order valence-electron chi connectivity index (χ3n) is 3.61. The second-order valence-corrected chi connectivity index (χ2v) is 6.26. The topological polar surface area (TPSA) is 113 Å². The summed E-state index contributed by atoms with van der Waals surface area (Å²) in [4.78, 5) is 48.4. The molecule has 0 aliphatic rings. The standard InChI is InChI=1S/C17H19N3O5S/c1-3-7-20-15(18)14(16(23)19(2)17(20)24)12(21)9-25-13(22)5-4-11-6-8-26-10-11/h4-6,8,10H,3,7,9,18H2,1-2H3/b5-4+. The predicted octanol–water partition coefficient (Wildman–Crippen LogP) is 1.04. The fraction of sp³-hybridized carbons (Fsp3) is 0.294. The van der Waals surface area contributed by atoms with Crippen LogP contribution in [0, 0.1) is 0 Å². The minimum atomic E-state index is -0.810. The number of esters is 1. The van der Waals surface area contributed by atoms with Crippen LogP contribution < -0.4 is 17.0 Å². The summed E-state index contributed by atoms with van der Waals surface area (Å²) in [5.74, 6) is -1.69. The number of nitrogens with zero attached hydrogens (tertiary/aromatic N) is 2. The summed E-state index contributed by atoms with van der Waals surface area (Å²) in [6.45, 7) is 1.46. The highest BCUT2D eigenvalue weighted by Gasteiger charge is 2.22. The van der Waals surface area contributed by atoms with E-state index in [1.54, 1.807) is 6.08 Å². The number of carbonyl (C=O) groups excluding carboxylic acids is 2. The number of carbonyl (C=O) groups is 2. The van der Waals surface area contributed by atoms with Gasteiger partial charge in [-0.15, -0.1) is 0 Å². The van der Waals surface area contributed by atoms with Crippen molar-refractivity contribution in [2.75, 3.05) is 12.3 Å². The average molecular weight is 377 g/mol. The summed E-state index contributed by atoms with van der Waals surface area (Å²) in [6, 6.07) is 1.82. The van der Waals surface area contributed by atoms with Crippen LogP contribution in [0.25, 0.3) is 6.08 Å². The summed E-state index contributed by atoms with van der Waals surface area (Å²) in [5, 5.41) is 3.70. The van der Waals surface area contributed by atoms with Crippen LogP contribution in [0.2, 0.25) is 0 Å². The largest absolute Gasteiger partial charge is 0.454 e. The Balaban J connectivity index is 2.18. The van der Waals surface area contributed by atoms with Crippen LogP contribution in [0.1, 0.15) is 29.3 Å². The Morgan fingerprint density at radius 2 is 2.08 bits per heavy atom. The van der Waals surface area contributed by atoms with Crippen LogP contribution in [0.4, 0.5) is 5.82 Å². The van der Waals surface area contributed by atoms with Crippen LogP contribution in [0.5, 0.6) is 0 Å². The summed E-state index contributed by atoms with van der Waals surface area (Å²) in [6.07, 6.45) is 3.34. The first-order chi connectivity index (χ1) is 12.4. The first-order valence-electron chi connectivity index (χ1n) is 7.86. The number of ether oxygens (including phenoxy) is 1. The maximum atomic E-state index is 12.3. The summed E-state index contributed by atoms with van der Waals surface area (Å²) in [5.41, 5.74) is 4.92. The van der Waals surface area contributed by atoms with Gasteiger partial charge < -0.3 is 10.5 Å². The van der Waals surface area contributed by atoms with Gasteiger partial charge in [-0.1, -0.05) is 6.92 Å². The van der Waals surface area contributed by atoms with Crippen molar-refractivity contribution < 1.29 is 14.3 Å². The van der Waals surface area contributed by atoms with E-state index in [2.05, 4.69) is 0 Å². The number of aromatic nitrogens is 2. The molecule has 2 aromatic heterocycles. The first-order valence-corrected chi connectivity index (χ1v) is 8.80. The van der Waals surface area contributed by atoms with E-state index in [0.29, 0.717) is 6.42 Å². The van der Waals surface area contributed by atoms with Crippen LogP contribution in [0.3, 0.4) is 0 Å². The molecule has 0 radical (unpaired) electrons. The predicted molar refractivity (Wildman–Crippen MR) is 99.3 cm³/mol. The van der Waals surface area contributed by atoms with Crippen molar-refractivity contribution >= 4 is 35.0 Å². The van der Waals surface area contributed by atoms with Crippen molar-refractivity contribution in [1.29, 1.82) is 0 Å². The number of hydrogen-bond acceptors (Lipinski definition) is 7. The highest BCUT2D eigenvalue weighted by molar-refractivity contribution is 7.08. The minimum Gasteiger partial charge on any atom is -0.454 e. The molecule has 0 saturated carbocycles. The highest BCUT2D eigenvalue weighted by atomic mass is 32.1. The lowest BCUT2D eigenvalue weighted by Gasteiger charge is -2.13. The number of rotatable bonds is 7. The van der Waals surface area contributed by atoms with Crippen molar-refractivity contribution in [3.8, 4) is 0 Å². The summed E-state index contributed by atoms with van der Waals surface area (Å²) in [7, 11) is 1.27. The monoisotopic (exact) mass is 377 g/mol. The molecule has 9 heteroatoms. The van der Waals surface area contributed by atoms with Gasteiger partial charge in [-0.3, -0.25) is 18.7 Å². The number of nitrogen functional groups attached to an aromatic ring is 1. The second kappa shape index (κ2) is 8.43. The summed E-state index contributed by atoms with van der Waals surface area (Å²) < 4.78 is 6.85. The number of Topliss-reactive ketones (excluding diaryl/α,β-unsaturated/α-hetero) is 1. The average Bonchev–Trinajstić information content (AvgIpc) is 3.13. The third kappa shape index (κ3) is 4.17. The molecule has 8 nitrogen and oxygen atoms in total. The number of nitrogens with two attached hydrogens (primary N) is 1. The Bertz CT molecular complexity index is 954. The number of hydrogen-bond donors (Lipinski definition) is 1. The molecule has 0 spiro atoms. The van der Waals surface area contributed by atoms with Gasteiger partial charge in [-0.2, -0.15) is 11.3 Å². The molecule has 26 heavy (non-hydrogen) atoms. The molecule has 0 amide bonds. The Labute approximate surface area is 153 Å². The quantitative estimate of drug-likeness (QED) is 0.438. The molecule has 2 N–H and O–H groups in total. The molecular formula is C17H19N3O5S.